The lowest BCUT2D eigenvalue weighted by Crippen LogP contribution is -2.29. The second-order valence-electron chi connectivity index (χ2n) is 6.45. The van der Waals surface area contributed by atoms with Gasteiger partial charge in [-0.2, -0.15) is 11.8 Å². The average molecular weight is 340 g/mol. The molecule has 1 aliphatic carbocycles. The van der Waals surface area contributed by atoms with Crippen molar-refractivity contribution in [3.8, 4) is 11.1 Å². The van der Waals surface area contributed by atoms with E-state index in [1.807, 2.05) is 17.8 Å². The molecule has 2 unspecified atom stereocenters. The van der Waals surface area contributed by atoms with Crippen LogP contribution in [0.5, 0.6) is 0 Å². The van der Waals surface area contributed by atoms with Crippen molar-refractivity contribution >= 4 is 17.7 Å². The number of hydrogen-bond acceptors (Lipinski definition) is 2. The number of carboxylic acids is 1. The van der Waals surface area contributed by atoms with Gasteiger partial charge in [0.05, 0.1) is 5.92 Å². The minimum absolute atomic E-state index is 0.149. The molecule has 0 radical (unpaired) electrons. The molecule has 3 heteroatoms. The third-order valence-corrected chi connectivity index (χ3v) is 6.24. The van der Waals surface area contributed by atoms with Gasteiger partial charge in [0.25, 0.3) is 0 Å². The number of benzene rings is 2. The molecular formula is C21H24O2S. The lowest BCUT2D eigenvalue weighted by molar-refractivity contribution is -0.142. The van der Waals surface area contributed by atoms with Gasteiger partial charge in [0.2, 0.25) is 0 Å². The SMILES string of the molecule is O=C(O)C1CCCCC1SCCc1ccc(-c2ccccc2)cc1. The molecule has 2 nitrogen and oxygen atoms in total. The fourth-order valence-electron chi connectivity index (χ4n) is 3.40. The molecule has 1 aliphatic rings. The smallest absolute Gasteiger partial charge is 0.307 e. The summed E-state index contributed by atoms with van der Waals surface area (Å²) in [5, 5.41) is 9.64. The van der Waals surface area contributed by atoms with Gasteiger partial charge in [0.1, 0.15) is 0 Å². The zero-order valence-corrected chi connectivity index (χ0v) is 14.7. The Morgan fingerprint density at radius 1 is 0.958 bits per heavy atom. The van der Waals surface area contributed by atoms with E-state index in [-0.39, 0.29) is 5.92 Å². The second-order valence-corrected chi connectivity index (χ2v) is 7.80. The number of thioether (sulfide) groups is 1. The highest BCUT2D eigenvalue weighted by Crippen LogP contribution is 2.34. The number of aryl methyl sites for hydroxylation is 1. The summed E-state index contributed by atoms with van der Waals surface area (Å²) in [5.41, 5.74) is 3.81. The number of carboxylic acid groups (broad SMARTS) is 1. The van der Waals surface area contributed by atoms with Gasteiger partial charge >= 0.3 is 5.97 Å². The minimum atomic E-state index is -0.612. The Bertz CT molecular complexity index is 651. The first-order valence-corrected chi connectivity index (χ1v) is 9.77. The highest BCUT2D eigenvalue weighted by Gasteiger charge is 2.30. The Labute approximate surface area is 148 Å². The predicted octanol–water partition coefficient (Wildman–Crippen LogP) is 5.27. The van der Waals surface area contributed by atoms with E-state index in [0.29, 0.717) is 5.25 Å². The Hall–Kier alpha value is -1.74. The molecule has 24 heavy (non-hydrogen) atoms. The van der Waals surface area contributed by atoms with Gasteiger partial charge in [-0.1, -0.05) is 67.4 Å². The van der Waals surface area contributed by atoms with Crippen molar-refractivity contribution in [1.29, 1.82) is 0 Å². The van der Waals surface area contributed by atoms with Gasteiger partial charge in [0.15, 0.2) is 0 Å². The van der Waals surface area contributed by atoms with Crippen LogP contribution in [0.25, 0.3) is 11.1 Å². The third kappa shape index (κ3) is 4.41. The van der Waals surface area contributed by atoms with Crippen LogP contribution < -0.4 is 0 Å². The molecule has 1 saturated carbocycles. The third-order valence-electron chi connectivity index (χ3n) is 4.80. The first-order valence-electron chi connectivity index (χ1n) is 8.73. The van der Waals surface area contributed by atoms with Gasteiger partial charge in [-0.05, 0) is 41.7 Å². The van der Waals surface area contributed by atoms with E-state index in [2.05, 4.69) is 48.5 Å². The first kappa shape index (κ1) is 17.1. The normalized spacial score (nSPS) is 20.7. The van der Waals surface area contributed by atoms with Gasteiger partial charge in [0, 0.05) is 5.25 Å². The summed E-state index contributed by atoms with van der Waals surface area (Å²) in [6, 6.07) is 19.1. The standard InChI is InChI=1S/C21H24O2S/c22-21(23)19-8-4-5-9-20(19)24-15-14-16-10-12-18(13-11-16)17-6-2-1-3-7-17/h1-3,6-7,10-13,19-20H,4-5,8-9,14-15H2,(H,22,23). The van der Waals surface area contributed by atoms with E-state index in [1.165, 1.54) is 23.1 Å². The van der Waals surface area contributed by atoms with Crippen molar-refractivity contribution < 1.29 is 9.90 Å². The maximum atomic E-state index is 11.4. The summed E-state index contributed by atoms with van der Waals surface area (Å²) in [4.78, 5) is 11.4. The fraction of sp³-hybridized carbons (Fsp3) is 0.381. The maximum absolute atomic E-state index is 11.4. The maximum Gasteiger partial charge on any atom is 0.307 e. The van der Waals surface area contributed by atoms with Crippen LogP contribution in [0.2, 0.25) is 0 Å². The molecule has 0 saturated heterocycles. The van der Waals surface area contributed by atoms with Crippen molar-refractivity contribution in [3.05, 3.63) is 60.2 Å². The molecule has 2 aromatic carbocycles. The zero-order valence-electron chi connectivity index (χ0n) is 13.9. The molecule has 1 N–H and O–H groups in total. The van der Waals surface area contributed by atoms with E-state index < -0.39 is 5.97 Å². The van der Waals surface area contributed by atoms with Crippen molar-refractivity contribution in [2.75, 3.05) is 5.75 Å². The summed E-state index contributed by atoms with van der Waals surface area (Å²) in [6.07, 6.45) is 5.14. The molecular weight excluding hydrogens is 316 g/mol. The summed E-state index contributed by atoms with van der Waals surface area (Å²) in [7, 11) is 0. The highest BCUT2D eigenvalue weighted by atomic mass is 32.2. The van der Waals surface area contributed by atoms with E-state index in [0.717, 1.165) is 31.4 Å². The van der Waals surface area contributed by atoms with Gasteiger partial charge in [-0.15, -0.1) is 0 Å². The molecule has 0 bridgehead atoms. The van der Waals surface area contributed by atoms with Crippen LogP contribution in [-0.2, 0) is 11.2 Å². The number of hydrogen-bond donors (Lipinski definition) is 1. The largest absolute Gasteiger partial charge is 0.481 e. The Morgan fingerprint density at radius 3 is 2.33 bits per heavy atom. The Kier molecular flexibility index (Phi) is 5.97. The van der Waals surface area contributed by atoms with Crippen LogP contribution in [0.4, 0.5) is 0 Å². The van der Waals surface area contributed by atoms with Gasteiger partial charge in [-0.3, -0.25) is 4.79 Å². The fourth-order valence-corrected chi connectivity index (χ4v) is 4.88. The lowest BCUT2D eigenvalue weighted by atomic mass is 9.89. The molecule has 2 aromatic rings. The second kappa shape index (κ2) is 8.39. The summed E-state index contributed by atoms with van der Waals surface area (Å²) < 4.78 is 0. The van der Waals surface area contributed by atoms with Crippen LogP contribution in [0, 0.1) is 5.92 Å². The minimum Gasteiger partial charge on any atom is -0.481 e. The quantitative estimate of drug-likeness (QED) is 0.778. The Balaban J connectivity index is 1.52. The summed E-state index contributed by atoms with van der Waals surface area (Å²) in [6.45, 7) is 0. The van der Waals surface area contributed by atoms with Crippen LogP contribution in [-0.4, -0.2) is 22.1 Å². The molecule has 0 aromatic heterocycles. The van der Waals surface area contributed by atoms with Crippen molar-refractivity contribution in [2.45, 2.75) is 37.4 Å². The van der Waals surface area contributed by atoms with Crippen molar-refractivity contribution in [2.24, 2.45) is 5.92 Å². The monoisotopic (exact) mass is 340 g/mol. The van der Waals surface area contributed by atoms with Crippen molar-refractivity contribution in [1.82, 2.24) is 0 Å². The van der Waals surface area contributed by atoms with E-state index in [4.69, 9.17) is 0 Å². The van der Waals surface area contributed by atoms with E-state index >= 15 is 0 Å². The number of carbonyl (C=O) groups is 1. The highest BCUT2D eigenvalue weighted by molar-refractivity contribution is 7.99. The molecule has 0 spiro atoms. The summed E-state index contributed by atoms with van der Waals surface area (Å²) in [5.74, 6) is 0.239. The molecule has 0 heterocycles. The lowest BCUT2D eigenvalue weighted by Gasteiger charge is -2.27. The average Bonchev–Trinajstić information content (AvgIpc) is 2.63. The van der Waals surface area contributed by atoms with Crippen LogP contribution in [0.1, 0.15) is 31.2 Å². The van der Waals surface area contributed by atoms with Crippen LogP contribution >= 0.6 is 11.8 Å². The topological polar surface area (TPSA) is 37.3 Å². The predicted molar refractivity (Wildman–Crippen MR) is 101 cm³/mol. The van der Waals surface area contributed by atoms with Gasteiger partial charge < -0.3 is 5.11 Å². The molecule has 1 fully saturated rings. The number of aliphatic carboxylic acids is 1. The molecule has 126 valence electrons. The molecule has 3 rings (SSSR count). The van der Waals surface area contributed by atoms with E-state index in [9.17, 15) is 9.90 Å². The summed E-state index contributed by atoms with van der Waals surface area (Å²) >= 11 is 1.85. The van der Waals surface area contributed by atoms with Crippen molar-refractivity contribution in [3.63, 3.8) is 0 Å². The van der Waals surface area contributed by atoms with Crippen LogP contribution in [0.3, 0.4) is 0 Å². The first-order chi connectivity index (χ1) is 11.7. The van der Waals surface area contributed by atoms with Gasteiger partial charge in [-0.25, -0.2) is 0 Å². The molecule has 2 atom stereocenters. The molecule has 0 aliphatic heterocycles. The van der Waals surface area contributed by atoms with E-state index in [1.54, 1.807) is 0 Å². The zero-order chi connectivity index (χ0) is 16.8. The number of rotatable bonds is 6. The Morgan fingerprint density at radius 2 is 1.62 bits per heavy atom. The molecule has 0 amide bonds. The van der Waals surface area contributed by atoms with Crippen LogP contribution in [0.15, 0.2) is 54.6 Å².